The van der Waals surface area contributed by atoms with Crippen LogP contribution in [0, 0.1) is 0 Å². The Kier molecular flexibility index (Phi) is 8.08. The molecule has 0 spiro atoms. The molecule has 0 radical (unpaired) electrons. The van der Waals surface area contributed by atoms with Crippen molar-refractivity contribution in [3.05, 3.63) is 108 Å². The van der Waals surface area contributed by atoms with E-state index in [0.717, 1.165) is 19.6 Å². The van der Waals surface area contributed by atoms with Gasteiger partial charge in [0.1, 0.15) is 0 Å². The summed E-state index contributed by atoms with van der Waals surface area (Å²) >= 11 is 0. The molecule has 1 aliphatic heterocycles. The molecule has 0 amide bonds. The van der Waals surface area contributed by atoms with E-state index in [1.807, 2.05) is 54.6 Å². The van der Waals surface area contributed by atoms with E-state index in [9.17, 15) is 0 Å². The van der Waals surface area contributed by atoms with Gasteiger partial charge >= 0.3 is 0 Å². The topological polar surface area (TPSA) is 27.7 Å². The van der Waals surface area contributed by atoms with E-state index >= 15 is 0 Å². The molecule has 4 rings (SSSR count). The minimum atomic E-state index is -0.0209. The molecule has 27 heavy (non-hydrogen) atoms. The van der Waals surface area contributed by atoms with E-state index in [2.05, 4.69) is 36.4 Å². The molecule has 1 fully saturated rings. The molecule has 0 aromatic heterocycles. The summed E-state index contributed by atoms with van der Waals surface area (Å²) in [6, 6.07) is 30.7. The van der Waals surface area contributed by atoms with Crippen molar-refractivity contribution in [2.45, 2.75) is 25.9 Å². The molecule has 3 aromatic carbocycles. The first-order chi connectivity index (χ1) is 13.4. The van der Waals surface area contributed by atoms with Crippen LogP contribution in [0.15, 0.2) is 91.0 Å². The molecule has 0 atom stereocenters. The third-order valence-corrected chi connectivity index (χ3v) is 4.16. The second-order valence-corrected chi connectivity index (χ2v) is 6.32. The summed E-state index contributed by atoms with van der Waals surface area (Å²) < 4.78 is 16.3. The number of ether oxygens (including phenoxy) is 3. The molecule has 1 saturated heterocycles. The predicted octanol–water partition coefficient (Wildman–Crippen LogP) is 5.01. The highest BCUT2D eigenvalue weighted by atomic mass is 16.7. The SMILES string of the molecule is c1ccc(CC2OCCO2)cc1.c1ccc(COCc2ccccc2)cc1. The maximum Gasteiger partial charge on any atom is 0.161 e. The molecule has 3 heteroatoms. The van der Waals surface area contributed by atoms with Crippen molar-refractivity contribution in [2.24, 2.45) is 0 Å². The molecular formula is C24H26O3. The summed E-state index contributed by atoms with van der Waals surface area (Å²) in [5.41, 5.74) is 3.70. The molecule has 0 unspecified atom stereocenters. The summed E-state index contributed by atoms with van der Waals surface area (Å²) in [5, 5.41) is 0. The third-order valence-electron chi connectivity index (χ3n) is 4.16. The second kappa shape index (κ2) is 11.3. The maximum atomic E-state index is 5.61. The van der Waals surface area contributed by atoms with Crippen molar-refractivity contribution in [3.8, 4) is 0 Å². The molecule has 3 aromatic rings. The highest BCUT2D eigenvalue weighted by Gasteiger charge is 2.15. The largest absolute Gasteiger partial charge is 0.372 e. The van der Waals surface area contributed by atoms with Gasteiger partial charge in [-0.3, -0.25) is 0 Å². The fourth-order valence-electron chi connectivity index (χ4n) is 2.77. The smallest absolute Gasteiger partial charge is 0.161 e. The molecule has 1 heterocycles. The zero-order valence-corrected chi connectivity index (χ0v) is 15.5. The standard InChI is InChI=1S/C14H14O.C10H12O2/c1-3-7-13(8-4-1)11-15-12-14-9-5-2-6-10-14;1-2-4-9(5-3-1)8-10-11-6-7-12-10/h1-10H,11-12H2;1-5,10H,6-8H2. The van der Waals surface area contributed by atoms with Crippen molar-refractivity contribution in [3.63, 3.8) is 0 Å². The number of hydrogen-bond donors (Lipinski definition) is 0. The van der Waals surface area contributed by atoms with Crippen molar-refractivity contribution in [1.29, 1.82) is 0 Å². The third kappa shape index (κ3) is 7.35. The van der Waals surface area contributed by atoms with Gasteiger partial charge in [-0.2, -0.15) is 0 Å². The van der Waals surface area contributed by atoms with Crippen LogP contribution in [0.4, 0.5) is 0 Å². The van der Waals surface area contributed by atoms with Gasteiger partial charge in [-0.25, -0.2) is 0 Å². The van der Waals surface area contributed by atoms with Crippen LogP contribution in [0.2, 0.25) is 0 Å². The van der Waals surface area contributed by atoms with Crippen LogP contribution in [0.5, 0.6) is 0 Å². The van der Waals surface area contributed by atoms with Gasteiger partial charge in [0.15, 0.2) is 6.29 Å². The minimum absolute atomic E-state index is 0.0209. The minimum Gasteiger partial charge on any atom is -0.372 e. The summed E-state index contributed by atoms with van der Waals surface area (Å²) in [6.07, 6.45) is 0.841. The molecule has 0 N–H and O–H groups in total. The lowest BCUT2D eigenvalue weighted by molar-refractivity contribution is -0.0399. The Balaban J connectivity index is 0.000000159. The fraction of sp³-hybridized carbons (Fsp3) is 0.250. The first kappa shape index (κ1) is 19.3. The van der Waals surface area contributed by atoms with Gasteiger partial charge < -0.3 is 14.2 Å². The Bertz CT molecular complexity index is 699. The fourth-order valence-corrected chi connectivity index (χ4v) is 2.77. The molecule has 1 aliphatic rings. The van der Waals surface area contributed by atoms with Crippen molar-refractivity contribution < 1.29 is 14.2 Å². The zero-order chi connectivity index (χ0) is 18.6. The van der Waals surface area contributed by atoms with Crippen LogP contribution < -0.4 is 0 Å². The number of hydrogen-bond acceptors (Lipinski definition) is 3. The zero-order valence-electron chi connectivity index (χ0n) is 15.5. The summed E-state index contributed by atoms with van der Waals surface area (Å²) in [6.45, 7) is 2.82. The van der Waals surface area contributed by atoms with Crippen LogP contribution in [-0.2, 0) is 33.8 Å². The van der Waals surface area contributed by atoms with Crippen molar-refractivity contribution in [2.75, 3.05) is 13.2 Å². The summed E-state index contributed by atoms with van der Waals surface area (Å²) in [5.74, 6) is 0. The Labute approximate surface area is 161 Å². The van der Waals surface area contributed by atoms with Gasteiger partial charge in [0.25, 0.3) is 0 Å². The van der Waals surface area contributed by atoms with Crippen LogP contribution in [0.3, 0.4) is 0 Å². The highest BCUT2D eigenvalue weighted by molar-refractivity contribution is 5.16. The van der Waals surface area contributed by atoms with Crippen LogP contribution in [0.25, 0.3) is 0 Å². The molecule has 3 nitrogen and oxygen atoms in total. The van der Waals surface area contributed by atoms with E-state index in [1.54, 1.807) is 0 Å². The normalized spacial score (nSPS) is 13.8. The average Bonchev–Trinajstić information content (AvgIpc) is 3.24. The molecular weight excluding hydrogens is 336 g/mol. The van der Waals surface area contributed by atoms with E-state index in [-0.39, 0.29) is 6.29 Å². The van der Waals surface area contributed by atoms with E-state index in [0.29, 0.717) is 13.2 Å². The van der Waals surface area contributed by atoms with Crippen LogP contribution in [-0.4, -0.2) is 19.5 Å². The average molecular weight is 362 g/mol. The van der Waals surface area contributed by atoms with Gasteiger partial charge in [0, 0.05) is 6.42 Å². The Morgan fingerprint density at radius 3 is 1.44 bits per heavy atom. The van der Waals surface area contributed by atoms with Gasteiger partial charge in [-0.1, -0.05) is 91.0 Å². The molecule has 0 aliphatic carbocycles. The predicted molar refractivity (Wildman–Crippen MR) is 107 cm³/mol. The lowest BCUT2D eigenvalue weighted by Gasteiger charge is -2.07. The second-order valence-electron chi connectivity index (χ2n) is 6.32. The summed E-state index contributed by atoms with van der Waals surface area (Å²) in [7, 11) is 0. The molecule has 0 saturated carbocycles. The van der Waals surface area contributed by atoms with Gasteiger partial charge in [0.05, 0.1) is 26.4 Å². The van der Waals surface area contributed by atoms with Gasteiger partial charge in [-0.15, -0.1) is 0 Å². The lowest BCUT2D eigenvalue weighted by Crippen LogP contribution is -2.10. The Morgan fingerprint density at radius 2 is 1.00 bits per heavy atom. The van der Waals surface area contributed by atoms with Crippen LogP contribution in [0.1, 0.15) is 16.7 Å². The number of benzene rings is 3. The quantitative estimate of drug-likeness (QED) is 0.617. The lowest BCUT2D eigenvalue weighted by atomic mass is 10.1. The summed E-state index contributed by atoms with van der Waals surface area (Å²) in [4.78, 5) is 0. The van der Waals surface area contributed by atoms with Crippen molar-refractivity contribution in [1.82, 2.24) is 0 Å². The Hall–Kier alpha value is -2.46. The van der Waals surface area contributed by atoms with E-state index in [1.165, 1.54) is 16.7 Å². The maximum absolute atomic E-state index is 5.61. The van der Waals surface area contributed by atoms with Gasteiger partial charge in [0.2, 0.25) is 0 Å². The van der Waals surface area contributed by atoms with Crippen LogP contribution >= 0.6 is 0 Å². The number of rotatable bonds is 6. The highest BCUT2D eigenvalue weighted by Crippen LogP contribution is 2.10. The molecule has 140 valence electrons. The first-order valence-corrected chi connectivity index (χ1v) is 9.33. The van der Waals surface area contributed by atoms with E-state index in [4.69, 9.17) is 14.2 Å². The molecule has 0 bridgehead atoms. The Morgan fingerprint density at radius 1 is 0.593 bits per heavy atom. The van der Waals surface area contributed by atoms with Crippen molar-refractivity contribution >= 4 is 0 Å². The monoisotopic (exact) mass is 362 g/mol. The van der Waals surface area contributed by atoms with Gasteiger partial charge in [-0.05, 0) is 16.7 Å². The van der Waals surface area contributed by atoms with E-state index < -0.39 is 0 Å². The first-order valence-electron chi connectivity index (χ1n) is 9.33.